The van der Waals surface area contributed by atoms with Crippen molar-refractivity contribution in [2.45, 2.75) is 0 Å². The van der Waals surface area contributed by atoms with E-state index in [0.717, 1.165) is 6.54 Å². The first-order valence-corrected chi connectivity index (χ1v) is 7.50. The Bertz CT molecular complexity index is 495. The number of aliphatic hydroxyl groups excluding tert-OH is 2. The normalized spacial score (nSPS) is 21.6. The molecule has 1 amide bonds. The highest BCUT2D eigenvalue weighted by molar-refractivity contribution is 5.94. The first-order chi connectivity index (χ1) is 10.5. The van der Waals surface area contributed by atoms with Gasteiger partial charge >= 0.3 is 0 Å². The fraction of sp³-hybridized carbons (Fsp3) is 0.562. The Balaban J connectivity index is 2.01. The highest BCUT2D eigenvalue weighted by Crippen LogP contribution is 2.25. The van der Waals surface area contributed by atoms with E-state index < -0.39 is 0 Å². The zero-order valence-corrected chi connectivity index (χ0v) is 12.8. The molecule has 2 atom stereocenters. The van der Waals surface area contributed by atoms with Gasteiger partial charge in [-0.1, -0.05) is 0 Å². The molecule has 0 radical (unpaired) electrons. The molecule has 2 rings (SSSR count). The van der Waals surface area contributed by atoms with E-state index in [0.29, 0.717) is 25.2 Å². The molecular weight excluding hydrogens is 287 g/mol. The number of carbonyl (C=O) groups excluding carboxylic acids is 1. The molecule has 0 unspecified atom stereocenters. The minimum absolute atomic E-state index is 0.0326. The average molecular weight is 310 g/mol. The number of likely N-dealkylation sites (N-methyl/N-ethyl adjacent to an activating group) is 1. The molecule has 0 bridgehead atoms. The van der Waals surface area contributed by atoms with Crippen LogP contribution in [0.15, 0.2) is 24.3 Å². The third kappa shape index (κ3) is 4.03. The maximum Gasteiger partial charge on any atom is 0.253 e. The summed E-state index contributed by atoms with van der Waals surface area (Å²) in [4.78, 5) is 16.2. The molecule has 5 nitrogen and oxygen atoms in total. The fourth-order valence-corrected chi connectivity index (χ4v) is 2.96. The molecule has 2 N–H and O–H groups in total. The standard InChI is InChI=1S/C16H23FN2O3/c1-18(6-7-20)8-13-9-19(10-14(13)11-21)16(22)12-2-4-15(17)5-3-12/h2-5,13-14,20-21H,6-11H2,1H3/t13-,14-/m1/s1. The Morgan fingerprint density at radius 2 is 1.91 bits per heavy atom. The van der Waals surface area contributed by atoms with Gasteiger partial charge in [0.15, 0.2) is 0 Å². The Morgan fingerprint density at radius 3 is 2.50 bits per heavy atom. The monoisotopic (exact) mass is 310 g/mol. The van der Waals surface area contributed by atoms with Crippen LogP contribution in [0.1, 0.15) is 10.4 Å². The summed E-state index contributed by atoms with van der Waals surface area (Å²) in [5, 5.41) is 18.5. The van der Waals surface area contributed by atoms with E-state index in [1.54, 1.807) is 4.90 Å². The van der Waals surface area contributed by atoms with Crippen LogP contribution in [0.4, 0.5) is 4.39 Å². The lowest BCUT2D eigenvalue weighted by molar-refractivity contribution is 0.0779. The summed E-state index contributed by atoms with van der Waals surface area (Å²) in [5.74, 6) is -0.294. The van der Waals surface area contributed by atoms with Crippen molar-refractivity contribution in [2.24, 2.45) is 11.8 Å². The van der Waals surface area contributed by atoms with Crippen LogP contribution in [0.25, 0.3) is 0 Å². The van der Waals surface area contributed by atoms with Gasteiger partial charge in [-0.2, -0.15) is 0 Å². The lowest BCUT2D eigenvalue weighted by Gasteiger charge is -2.23. The summed E-state index contributed by atoms with van der Waals surface area (Å²) in [6.45, 7) is 2.48. The van der Waals surface area contributed by atoms with Crippen molar-refractivity contribution in [3.05, 3.63) is 35.6 Å². The fourth-order valence-electron chi connectivity index (χ4n) is 2.96. The van der Waals surface area contributed by atoms with Crippen LogP contribution in [-0.4, -0.2) is 72.4 Å². The van der Waals surface area contributed by atoms with Crippen LogP contribution in [0.2, 0.25) is 0 Å². The number of likely N-dealkylation sites (tertiary alicyclic amines) is 1. The molecule has 0 aromatic heterocycles. The SMILES string of the molecule is CN(CCO)C[C@@H]1CN(C(=O)c2ccc(F)cc2)C[C@@H]1CO. The Morgan fingerprint density at radius 1 is 1.27 bits per heavy atom. The van der Waals surface area contributed by atoms with E-state index in [1.807, 2.05) is 11.9 Å². The van der Waals surface area contributed by atoms with E-state index in [2.05, 4.69) is 0 Å². The third-order valence-corrected chi connectivity index (χ3v) is 4.22. The molecule has 22 heavy (non-hydrogen) atoms. The molecule has 1 aromatic rings. The average Bonchev–Trinajstić information content (AvgIpc) is 2.90. The number of hydrogen-bond acceptors (Lipinski definition) is 4. The molecule has 0 aliphatic carbocycles. The van der Waals surface area contributed by atoms with Crippen molar-refractivity contribution in [3.8, 4) is 0 Å². The van der Waals surface area contributed by atoms with Gasteiger partial charge in [0, 0.05) is 44.3 Å². The van der Waals surface area contributed by atoms with E-state index in [9.17, 15) is 14.3 Å². The van der Waals surface area contributed by atoms with Gasteiger partial charge in [0.05, 0.1) is 6.61 Å². The number of amides is 1. The van der Waals surface area contributed by atoms with Gasteiger partial charge in [0.25, 0.3) is 5.91 Å². The highest BCUT2D eigenvalue weighted by Gasteiger charge is 2.35. The quantitative estimate of drug-likeness (QED) is 0.800. The molecule has 1 aliphatic rings. The van der Waals surface area contributed by atoms with Gasteiger partial charge in [0.2, 0.25) is 0 Å². The van der Waals surface area contributed by atoms with Crippen LogP contribution in [0, 0.1) is 17.7 Å². The molecule has 0 saturated carbocycles. The molecule has 0 spiro atoms. The Labute approximate surface area is 130 Å². The molecule has 1 aliphatic heterocycles. The largest absolute Gasteiger partial charge is 0.396 e. The molecule has 1 fully saturated rings. The van der Waals surface area contributed by atoms with Gasteiger partial charge in [-0.05, 0) is 37.2 Å². The van der Waals surface area contributed by atoms with Crippen molar-refractivity contribution < 1.29 is 19.4 Å². The van der Waals surface area contributed by atoms with Crippen LogP contribution in [0.3, 0.4) is 0 Å². The smallest absolute Gasteiger partial charge is 0.253 e. The van der Waals surface area contributed by atoms with E-state index in [-0.39, 0.29) is 36.8 Å². The summed E-state index contributed by atoms with van der Waals surface area (Å²) in [6, 6.07) is 5.52. The summed E-state index contributed by atoms with van der Waals surface area (Å²) < 4.78 is 12.9. The summed E-state index contributed by atoms with van der Waals surface area (Å²) in [7, 11) is 1.91. The number of aliphatic hydroxyl groups is 2. The van der Waals surface area contributed by atoms with E-state index in [1.165, 1.54) is 24.3 Å². The van der Waals surface area contributed by atoms with E-state index >= 15 is 0 Å². The van der Waals surface area contributed by atoms with Gasteiger partial charge in [-0.15, -0.1) is 0 Å². The maximum atomic E-state index is 12.9. The van der Waals surface area contributed by atoms with Gasteiger partial charge in [-0.3, -0.25) is 4.79 Å². The van der Waals surface area contributed by atoms with Gasteiger partial charge in [0.1, 0.15) is 5.82 Å². The van der Waals surface area contributed by atoms with Crippen molar-refractivity contribution >= 4 is 5.91 Å². The number of carbonyl (C=O) groups is 1. The zero-order valence-electron chi connectivity index (χ0n) is 12.8. The molecule has 1 heterocycles. The molecular formula is C16H23FN2O3. The van der Waals surface area contributed by atoms with Crippen molar-refractivity contribution in [1.82, 2.24) is 9.80 Å². The lowest BCUT2D eigenvalue weighted by atomic mass is 9.96. The minimum atomic E-state index is -0.366. The lowest BCUT2D eigenvalue weighted by Crippen LogP contribution is -2.33. The van der Waals surface area contributed by atoms with Crippen LogP contribution < -0.4 is 0 Å². The maximum absolute atomic E-state index is 12.9. The zero-order chi connectivity index (χ0) is 16.1. The Kier molecular flexibility index (Phi) is 5.88. The van der Waals surface area contributed by atoms with Crippen molar-refractivity contribution in [2.75, 3.05) is 46.4 Å². The molecule has 1 aromatic carbocycles. The van der Waals surface area contributed by atoms with E-state index in [4.69, 9.17) is 5.11 Å². The first kappa shape index (κ1) is 16.9. The van der Waals surface area contributed by atoms with Crippen LogP contribution in [-0.2, 0) is 0 Å². The molecule has 6 heteroatoms. The summed E-state index contributed by atoms with van der Waals surface area (Å²) in [5.41, 5.74) is 0.461. The topological polar surface area (TPSA) is 64.0 Å². The molecule has 1 saturated heterocycles. The number of hydrogen-bond donors (Lipinski definition) is 2. The summed E-state index contributed by atoms with van der Waals surface area (Å²) >= 11 is 0. The number of halogens is 1. The van der Waals surface area contributed by atoms with Crippen molar-refractivity contribution in [1.29, 1.82) is 0 Å². The van der Waals surface area contributed by atoms with Crippen LogP contribution in [0.5, 0.6) is 0 Å². The molecule has 122 valence electrons. The second-order valence-corrected chi connectivity index (χ2v) is 5.91. The van der Waals surface area contributed by atoms with Gasteiger partial charge in [-0.25, -0.2) is 4.39 Å². The minimum Gasteiger partial charge on any atom is -0.396 e. The number of rotatable bonds is 6. The predicted octanol–water partition coefficient (Wildman–Crippen LogP) is 0.430. The second kappa shape index (κ2) is 7.67. The van der Waals surface area contributed by atoms with Gasteiger partial charge < -0.3 is 20.0 Å². The number of nitrogens with zero attached hydrogens (tertiary/aromatic N) is 2. The Hall–Kier alpha value is -1.50. The number of benzene rings is 1. The first-order valence-electron chi connectivity index (χ1n) is 7.50. The summed E-state index contributed by atoms with van der Waals surface area (Å²) in [6.07, 6.45) is 0. The third-order valence-electron chi connectivity index (χ3n) is 4.22. The highest BCUT2D eigenvalue weighted by atomic mass is 19.1. The second-order valence-electron chi connectivity index (χ2n) is 5.91. The van der Waals surface area contributed by atoms with Crippen LogP contribution >= 0.6 is 0 Å². The van der Waals surface area contributed by atoms with Crippen molar-refractivity contribution in [3.63, 3.8) is 0 Å². The predicted molar refractivity (Wildman–Crippen MR) is 81.0 cm³/mol.